The first-order valence-electron chi connectivity index (χ1n) is 10.3. The lowest BCUT2D eigenvalue weighted by molar-refractivity contribution is -0.384. The Kier molecular flexibility index (Phi) is 6.86. The number of anilines is 1. The number of esters is 1. The number of rotatable bonds is 8. The molecule has 33 heavy (non-hydrogen) atoms. The van der Waals surface area contributed by atoms with E-state index in [0.717, 1.165) is 4.90 Å². The molecule has 1 aliphatic heterocycles. The summed E-state index contributed by atoms with van der Waals surface area (Å²) in [6.45, 7) is 4.48. The van der Waals surface area contributed by atoms with Crippen LogP contribution in [0.2, 0.25) is 0 Å². The third kappa shape index (κ3) is 4.74. The number of nitrogens with one attached hydrogen (secondary N) is 1. The number of nitro benzene ring substituents is 1. The van der Waals surface area contributed by atoms with E-state index in [1.54, 1.807) is 26.0 Å². The van der Waals surface area contributed by atoms with Crippen LogP contribution in [0.1, 0.15) is 46.5 Å². The predicted octanol–water partition coefficient (Wildman–Crippen LogP) is 3.10. The number of fused-ring (bicyclic) bond motifs is 1. The Bertz CT molecular complexity index is 1110. The van der Waals surface area contributed by atoms with Crippen molar-refractivity contribution in [1.29, 1.82) is 0 Å². The lowest BCUT2D eigenvalue weighted by Crippen LogP contribution is -2.49. The first-order chi connectivity index (χ1) is 15.6. The van der Waals surface area contributed by atoms with Crippen LogP contribution in [0.25, 0.3) is 0 Å². The minimum absolute atomic E-state index is 0.116. The van der Waals surface area contributed by atoms with E-state index in [-0.39, 0.29) is 16.8 Å². The van der Waals surface area contributed by atoms with Gasteiger partial charge in [0, 0.05) is 17.8 Å². The molecule has 0 spiro atoms. The van der Waals surface area contributed by atoms with Crippen LogP contribution in [0.5, 0.6) is 0 Å². The molecule has 0 saturated heterocycles. The molecule has 1 N–H and O–H groups in total. The molecule has 2 atom stereocenters. The summed E-state index contributed by atoms with van der Waals surface area (Å²) in [4.78, 5) is 62.1. The van der Waals surface area contributed by atoms with Crippen molar-refractivity contribution in [1.82, 2.24) is 4.90 Å². The number of carbonyl (C=O) groups excluding carboxylic acids is 4. The van der Waals surface area contributed by atoms with Gasteiger partial charge in [-0.25, -0.2) is 4.79 Å². The molecule has 2 aromatic rings. The van der Waals surface area contributed by atoms with Crippen LogP contribution in [0, 0.1) is 23.0 Å². The van der Waals surface area contributed by atoms with E-state index in [4.69, 9.17) is 4.74 Å². The number of amides is 3. The summed E-state index contributed by atoms with van der Waals surface area (Å²) in [6.07, 6.45) is 0.487. The molecule has 2 aromatic carbocycles. The van der Waals surface area contributed by atoms with E-state index in [0.29, 0.717) is 17.7 Å². The van der Waals surface area contributed by atoms with Gasteiger partial charge < -0.3 is 10.1 Å². The molecule has 0 fully saturated rings. The SMILES string of the molecule is CCC(C)C(C(=O)OCC(=O)Nc1ccc([N+](=O)[O-])cc1C)N1C(=O)c2ccccc2C1=O. The normalized spacial score (nSPS) is 14.5. The van der Waals surface area contributed by atoms with Crippen molar-refractivity contribution < 1.29 is 28.8 Å². The zero-order valence-corrected chi connectivity index (χ0v) is 18.4. The number of imide groups is 1. The summed E-state index contributed by atoms with van der Waals surface area (Å²) in [5.74, 6) is -3.09. The van der Waals surface area contributed by atoms with Gasteiger partial charge in [-0.3, -0.25) is 29.4 Å². The first kappa shape index (κ1) is 23.6. The average molecular weight is 453 g/mol. The van der Waals surface area contributed by atoms with Gasteiger partial charge >= 0.3 is 5.97 Å². The minimum Gasteiger partial charge on any atom is -0.454 e. The number of hydrogen-bond donors (Lipinski definition) is 1. The number of benzene rings is 2. The fraction of sp³-hybridized carbons (Fsp3) is 0.304. The molecular formula is C23H23N3O7. The Hall–Kier alpha value is -4.08. The highest BCUT2D eigenvalue weighted by Crippen LogP contribution is 2.29. The molecule has 10 nitrogen and oxygen atoms in total. The van der Waals surface area contributed by atoms with Gasteiger partial charge in [-0.15, -0.1) is 0 Å². The summed E-state index contributed by atoms with van der Waals surface area (Å²) >= 11 is 0. The first-order valence-corrected chi connectivity index (χ1v) is 10.3. The van der Waals surface area contributed by atoms with Crippen LogP contribution in [0.4, 0.5) is 11.4 Å². The van der Waals surface area contributed by atoms with Crippen LogP contribution < -0.4 is 5.32 Å². The fourth-order valence-electron chi connectivity index (χ4n) is 3.59. The molecule has 0 aromatic heterocycles. The average Bonchev–Trinajstić information content (AvgIpc) is 3.04. The van der Waals surface area contributed by atoms with Crippen LogP contribution >= 0.6 is 0 Å². The van der Waals surface area contributed by atoms with Crippen LogP contribution in [-0.2, 0) is 14.3 Å². The minimum atomic E-state index is -1.18. The number of carbonyl (C=O) groups is 4. The van der Waals surface area contributed by atoms with Gasteiger partial charge in [-0.1, -0.05) is 32.4 Å². The summed E-state index contributed by atoms with van der Waals surface area (Å²) in [5, 5.41) is 13.4. The van der Waals surface area contributed by atoms with E-state index in [1.807, 2.05) is 6.92 Å². The van der Waals surface area contributed by atoms with Crippen LogP contribution in [0.15, 0.2) is 42.5 Å². The molecule has 0 bridgehead atoms. The maximum atomic E-state index is 12.9. The number of aryl methyl sites for hydroxylation is 1. The molecule has 3 rings (SSSR count). The van der Waals surface area contributed by atoms with E-state index in [9.17, 15) is 29.3 Å². The Morgan fingerprint density at radius 3 is 2.24 bits per heavy atom. The van der Waals surface area contributed by atoms with Crippen molar-refractivity contribution in [2.45, 2.75) is 33.2 Å². The fourth-order valence-corrected chi connectivity index (χ4v) is 3.59. The standard InChI is InChI=1S/C23H23N3O7/c1-4-13(2)20(25-21(28)16-7-5-6-8-17(16)22(25)29)23(30)33-12-19(27)24-18-10-9-15(26(31)32)11-14(18)3/h5-11,13,20H,4,12H2,1-3H3,(H,24,27). The van der Waals surface area contributed by atoms with Crippen molar-refractivity contribution in [3.8, 4) is 0 Å². The van der Waals surface area contributed by atoms with Crippen molar-refractivity contribution >= 4 is 35.1 Å². The van der Waals surface area contributed by atoms with Gasteiger partial charge in [-0.2, -0.15) is 0 Å². The van der Waals surface area contributed by atoms with Gasteiger partial charge in [-0.05, 0) is 36.6 Å². The second-order valence-electron chi connectivity index (χ2n) is 7.77. The van der Waals surface area contributed by atoms with Gasteiger partial charge in [0.1, 0.15) is 6.04 Å². The Morgan fingerprint density at radius 1 is 1.12 bits per heavy atom. The molecule has 1 heterocycles. The molecule has 0 saturated carbocycles. The number of non-ortho nitro benzene ring substituents is 1. The highest BCUT2D eigenvalue weighted by atomic mass is 16.6. The molecule has 3 amide bonds. The van der Waals surface area contributed by atoms with E-state index < -0.39 is 47.2 Å². The molecular weight excluding hydrogens is 430 g/mol. The number of nitrogens with zero attached hydrogens (tertiary/aromatic N) is 2. The summed E-state index contributed by atoms with van der Waals surface area (Å²) in [6, 6.07) is 9.06. The molecule has 0 radical (unpaired) electrons. The largest absolute Gasteiger partial charge is 0.454 e. The quantitative estimate of drug-likeness (QED) is 0.281. The summed E-state index contributed by atoms with van der Waals surface area (Å²) in [5.41, 5.74) is 1.12. The van der Waals surface area contributed by atoms with Crippen molar-refractivity contribution in [3.05, 3.63) is 69.3 Å². The monoisotopic (exact) mass is 453 g/mol. The lowest BCUT2D eigenvalue weighted by atomic mass is 9.97. The topological polar surface area (TPSA) is 136 Å². The maximum Gasteiger partial charge on any atom is 0.330 e. The molecule has 10 heteroatoms. The predicted molar refractivity (Wildman–Crippen MR) is 118 cm³/mol. The number of nitro groups is 1. The third-order valence-corrected chi connectivity index (χ3v) is 5.57. The van der Waals surface area contributed by atoms with Crippen molar-refractivity contribution in [3.63, 3.8) is 0 Å². The Balaban J connectivity index is 1.70. The van der Waals surface area contributed by atoms with Crippen molar-refractivity contribution in [2.75, 3.05) is 11.9 Å². The Morgan fingerprint density at radius 2 is 1.73 bits per heavy atom. The maximum absolute atomic E-state index is 12.9. The highest BCUT2D eigenvalue weighted by molar-refractivity contribution is 6.22. The van der Waals surface area contributed by atoms with E-state index >= 15 is 0 Å². The van der Waals surface area contributed by atoms with Crippen LogP contribution in [-0.4, -0.2) is 46.2 Å². The number of hydrogen-bond acceptors (Lipinski definition) is 7. The second-order valence-corrected chi connectivity index (χ2v) is 7.77. The van der Waals surface area contributed by atoms with Gasteiger partial charge in [0.25, 0.3) is 23.4 Å². The molecule has 0 aliphatic carbocycles. The lowest BCUT2D eigenvalue weighted by Gasteiger charge is -2.28. The number of ether oxygens (including phenoxy) is 1. The van der Waals surface area contributed by atoms with Gasteiger partial charge in [0.05, 0.1) is 16.1 Å². The zero-order valence-electron chi connectivity index (χ0n) is 18.4. The van der Waals surface area contributed by atoms with E-state index in [1.165, 1.54) is 30.3 Å². The second kappa shape index (κ2) is 9.60. The van der Waals surface area contributed by atoms with Gasteiger partial charge in [0.15, 0.2) is 6.61 Å². The summed E-state index contributed by atoms with van der Waals surface area (Å²) in [7, 11) is 0. The van der Waals surface area contributed by atoms with Crippen molar-refractivity contribution in [2.24, 2.45) is 5.92 Å². The smallest absolute Gasteiger partial charge is 0.330 e. The van der Waals surface area contributed by atoms with Crippen LogP contribution in [0.3, 0.4) is 0 Å². The third-order valence-electron chi connectivity index (χ3n) is 5.57. The summed E-state index contributed by atoms with van der Waals surface area (Å²) < 4.78 is 5.17. The molecule has 2 unspecified atom stereocenters. The Labute approximate surface area is 189 Å². The molecule has 1 aliphatic rings. The molecule has 172 valence electrons. The van der Waals surface area contributed by atoms with E-state index in [2.05, 4.69) is 5.32 Å². The highest BCUT2D eigenvalue weighted by Gasteiger charge is 2.45. The zero-order chi connectivity index (χ0) is 24.3. The van der Waals surface area contributed by atoms with Gasteiger partial charge in [0.2, 0.25) is 0 Å².